The number of hydrogen-bond donors (Lipinski definition) is 1. The summed E-state index contributed by atoms with van der Waals surface area (Å²) in [5.41, 5.74) is -0.453. The van der Waals surface area contributed by atoms with Crippen molar-refractivity contribution in [2.75, 3.05) is 6.61 Å². The van der Waals surface area contributed by atoms with Crippen molar-refractivity contribution in [1.82, 2.24) is 5.32 Å². The van der Waals surface area contributed by atoms with Crippen molar-refractivity contribution in [3.05, 3.63) is 77.2 Å². The van der Waals surface area contributed by atoms with Crippen LogP contribution in [0.5, 0.6) is 5.75 Å². The highest BCUT2D eigenvalue weighted by Crippen LogP contribution is 2.37. The minimum absolute atomic E-state index is 0.0810. The Morgan fingerprint density at radius 2 is 1.86 bits per heavy atom. The summed E-state index contributed by atoms with van der Waals surface area (Å²) in [5, 5.41) is 2.58. The summed E-state index contributed by atoms with van der Waals surface area (Å²) >= 11 is 0.968. The molecule has 0 unspecified atom stereocenters. The molecule has 0 atom stereocenters. The Balaban J connectivity index is 1.88. The van der Waals surface area contributed by atoms with Crippen molar-refractivity contribution in [2.45, 2.75) is 6.18 Å². The zero-order chi connectivity index (χ0) is 20.1. The van der Waals surface area contributed by atoms with Gasteiger partial charge in [-0.2, -0.15) is 13.2 Å². The average molecular weight is 404 g/mol. The molecule has 1 N–H and O–H groups in total. The van der Waals surface area contributed by atoms with Crippen LogP contribution in [0.15, 0.2) is 71.1 Å². The van der Waals surface area contributed by atoms with Gasteiger partial charge in [0.15, 0.2) is 5.17 Å². The maximum Gasteiger partial charge on any atom is 0.418 e. The highest BCUT2D eigenvalue weighted by Gasteiger charge is 2.34. The fourth-order valence-corrected chi connectivity index (χ4v) is 3.25. The Morgan fingerprint density at radius 3 is 2.61 bits per heavy atom. The molecule has 4 nitrogen and oxygen atoms in total. The molecule has 2 aromatic carbocycles. The number of ether oxygens (including phenoxy) is 1. The number of carbonyl (C=O) groups excluding carboxylic acids is 1. The number of rotatable bonds is 5. The Hall–Kier alpha value is -3.00. The number of amides is 1. The maximum atomic E-state index is 13.1. The maximum absolute atomic E-state index is 13.1. The number of alkyl halides is 3. The van der Waals surface area contributed by atoms with Crippen LogP contribution >= 0.6 is 11.8 Å². The van der Waals surface area contributed by atoms with Crippen molar-refractivity contribution in [3.8, 4) is 5.75 Å². The first-order valence-electron chi connectivity index (χ1n) is 8.17. The molecule has 0 spiro atoms. The zero-order valence-corrected chi connectivity index (χ0v) is 15.3. The molecule has 1 aliphatic rings. The first-order chi connectivity index (χ1) is 13.4. The van der Waals surface area contributed by atoms with E-state index in [1.165, 1.54) is 18.2 Å². The van der Waals surface area contributed by atoms with E-state index in [1.54, 1.807) is 36.4 Å². The molecule has 1 fully saturated rings. The summed E-state index contributed by atoms with van der Waals surface area (Å²) in [6.45, 7) is 3.90. The van der Waals surface area contributed by atoms with Gasteiger partial charge in [0.2, 0.25) is 0 Å². The number of thioether (sulfide) groups is 1. The first-order valence-corrected chi connectivity index (χ1v) is 8.98. The number of halogens is 3. The molecule has 1 aliphatic heterocycles. The summed E-state index contributed by atoms with van der Waals surface area (Å²) in [5.74, 6) is 0.128. The van der Waals surface area contributed by atoms with E-state index in [1.807, 2.05) is 0 Å². The van der Waals surface area contributed by atoms with Crippen molar-refractivity contribution >= 4 is 34.6 Å². The molecule has 0 saturated carbocycles. The lowest BCUT2D eigenvalue weighted by molar-refractivity contribution is -0.137. The van der Waals surface area contributed by atoms with Crippen LogP contribution in [0, 0.1) is 0 Å². The smallest absolute Gasteiger partial charge is 0.418 e. The van der Waals surface area contributed by atoms with Gasteiger partial charge in [0.05, 0.1) is 16.2 Å². The van der Waals surface area contributed by atoms with E-state index >= 15 is 0 Å². The lowest BCUT2D eigenvalue weighted by Crippen LogP contribution is -2.19. The average Bonchev–Trinajstić information content (AvgIpc) is 2.99. The van der Waals surface area contributed by atoms with E-state index in [9.17, 15) is 18.0 Å². The van der Waals surface area contributed by atoms with Gasteiger partial charge < -0.3 is 10.1 Å². The Labute approximate surface area is 163 Å². The molecule has 1 heterocycles. The molecule has 8 heteroatoms. The van der Waals surface area contributed by atoms with Crippen LogP contribution < -0.4 is 10.1 Å². The third-order valence-electron chi connectivity index (χ3n) is 3.64. The summed E-state index contributed by atoms with van der Waals surface area (Å²) in [6, 6.07) is 12.1. The van der Waals surface area contributed by atoms with E-state index in [0.717, 1.165) is 17.8 Å². The molecule has 3 rings (SSSR count). The van der Waals surface area contributed by atoms with Crippen molar-refractivity contribution < 1.29 is 22.7 Å². The second kappa shape index (κ2) is 8.35. The molecular formula is C20H15F3N2O2S. The van der Waals surface area contributed by atoms with Gasteiger partial charge in [-0.05, 0) is 36.0 Å². The fraction of sp³-hybridized carbons (Fsp3) is 0.100. The molecule has 0 aromatic heterocycles. The second-order valence-corrected chi connectivity index (χ2v) is 6.66. The van der Waals surface area contributed by atoms with Crippen LogP contribution in [0.2, 0.25) is 0 Å². The summed E-state index contributed by atoms with van der Waals surface area (Å²) in [4.78, 5) is 16.5. The third kappa shape index (κ3) is 4.64. The molecule has 0 bridgehead atoms. The van der Waals surface area contributed by atoms with Crippen LogP contribution in [0.4, 0.5) is 18.9 Å². The molecule has 144 valence electrons. The summed E-state index contributed by atoms with van der Waals surface area (Å²) in [7, 11) is 0. The van der Waals surface area contributed by atoms with Crippen LogP contribution in [0.25, 0.3) is 6.08 Å². The van der Waals surface area contributed by atoms with Gasteiger partial charge in [-0.15, -0.1) is 0 Å². The highest BCUT2D eigenvalue weighted by molar-refractivity contribution is 8.18. The molecule has 28 heavy (non-hydrogen) atoms. The summed E-state index contributed by atoms with van der Waals surface area (Å²) in [6.07, 6.45) is -1.32. The first kappa shape index (κ1) is 19.8. The topological polar surface area (TPSA) is 50.7 Å². The normalized spacial score (nSPS) is 17.0. The van der Waals surface area contributed by atoms with Gasteiger partial charge in [0.25, 0.3) is 5.91 Å². The van der Waals surface area contributed by atoms with Gasteiger partial charge in [-0.25, -0.2) is 4.99 Å². The monoisotopic (exact) mass is 404 g/mol. The largest absolute Gasteiger partial charge is 0.489 e. The number of benzene rings is 2. The number of carbonyl (C=O) groups is 1. The number of amidine groups is 1. The van der Waals surface area contributed by atoms with Crippen LogP contribution in [-0.4, -0.2) is 17.7 Å². The van der Waals surface area contributed by atoms with Crippen molar-refractivity contribution in [1.29, 1.82) is 0 Å². The number of aliphatic imine (C=N–C) groups is 1. The van der Waals surface area contributed by atoms with Crippen molar-refractivity contribution in [2.24, 2.45) is 4.99 Å². The highest BCUT2D eigenvalue weighted by atomic mass is 32.2. The van der Waals surface area contributed by atoms with E-state index < -0.39 is 17.6 Å². The zero-order valence-electron chi connectivity index (χ0n) is 14.5. The van der Waals surface area contributed by atoms with E-state index in [2.05, 4.69) is 16.9 Å². The van der Waals surface area contributed by atoms with Gasteiger partial charge in [0.1, 0.15) is 12.4 Å². The van der Waals surface area contributed by atoms with E-state index in [0.29, 0.717) is 22.8 Å². The number of para-hydroxylation sites is 2. The Kier molecular flexibility index (Phi) is 5.89. The van der Waals surface area contributed by atoms with Crippen molar-refractivity contribution in [3.63, 3.8) is 0 Å². The Morgan fingerprint density at radius 1 is 1.14 bits per heavy atom. The number of nitrogens with one attached hydrogen (secondary N) is 1. The third-order valence-corrected chi connectivity index (χ3v) is 4.55. The molecular weight excluding hydrogens is 389 g/mol. The molecule has 2 aromatic rings. The molecule has 0 aliphatic carbocycles. The molecule has 1 saturated heterocycles. The second-order valence-electron chi connectivity index (χ2n) is 5.63. The number of nitrogens with zero attached hydrogens (tertiary/aromatic N) is 1. The lowest BCUT2D eigenvalue weighted by atomic mass is 10.2. The van der Waals surface area contributed by atoms with E-state index in [4.69, 9.17) is 4.74 Å². The quantitative estimate of drug-likeness (QED) is 0.553. The van der Waals surface area contributed by atoms with Crippen LogP contribution in [0.1, 0.15) is 11.1 Å². The number of hydrogen-bond acceptors (Lipinski definition) is 4. The molecule has 1 amide bonds. The predicted octanol–water partition coefficient (Wildman–Crippen LogP) is 5.16. The van der Waals surface area contributed by atoms with Crippen LogP contribution in [0.3, 0.4) is 0 Å². The van der Waals surface area contributed by atoms with Crippen LogP contribution in [-0.2, 0) is 11.0 Å². The standard InChI is InChI=1S/C20H15F3N2O2S/c1-2-11-27-16-10-6-3-7-13(16)12-17-18(26)25-19(28-17)24-15-9-5-4-8-14(15)20(21,22)23/h2-10,12H,1,11H2,(H,24,25,26). The van der Waals surface area contributed by atoms with E-state index in [-0.39, 0.29) is 10.9 Å². The fourth-order valence-electron chi connectivity index (χ4n) is 2.42. The SMILES string of the molecule is C=CCOc1ccccc1C=C1SC(=Nc2ccccc2C(F)(F)F)NC1=O. The predicted molar refractivity (Wildman–Crippen MR) is 104 cm³/mol. The lowest BCUT2D eigenvalue weighted by Gasteiger charge is -2.09. The molecule has 0 radical (unpaired) electrons. The summed E-state index contributed by atoms with van der Waals surface area (Å²) < 4.78 is 44.9. The van der Waals surface area contributed by atoms with Gasteiger partial charge in [-0.1, -0.05) is 43.0 Å². The minimum atomic E-state index is -4.53. The van der Waals surface area contributed by atoms with Gasteiger partial charge in [0, 0.05) is 5.56 Å². The minimum Gasteiger partial charge on any atom is -0.489 e. The van der Waals surface area contributed by atoms with Gasteiger partial charge >= 0.3 is 6.18 Å². The Bertz CT molecular complexity index is 968. The van der Waals surface area contributed by atoms with Gasteiger partial charge in [-0.3, -0.25) is 4.79 Å².